The normalized spacial score (nSPS) is 17.6. The molecule has 0 aromatic carbocycles. The standard InChI is InChI=1S/C10H16NO3/c1-10(2,3)14-9(13)11-6-4-8(12)5-7-11/h4H,5-7H2,1-3H3/q+1. The highest BCUT2D eigenvalue weighted by atomic mass is 16.6. The molecule has 0 radical (unpaired) electrons. The summed E-state index contributed by atoms with van der Waals surface area (Å²) in [4.78, 5) is 23.9. The fourth-order valence-corrected chi connectivity index (χ4v) is 1.14. The van der Waals surface area contributed by atoms with E-state index in [0.29, 0.717) is 19.5 Å². The maximum absolute atomic E-state index is 11.5. The highest BCUT2D eigenvalue weighted by Gasteiger charge is 2.30. The molecule has 0 N–H and O–H groups in total. The summed E-state index contributed by atoms with van der Waals surface area (Å²) in [5.74, 6) is 0.102. The molecule has 78 valence electrons. The van der Waals surface area contributed by atoms with Crippen LogP contribution in [0.4, 0.5) is 4.79 Å². The number of piperidine rings is 1. The Bertz CT molecular complexity index is 232. The van der Waals surface area contributed by atoms with Gasteiger partial charge in [-0.15, -0.1) is 0 Å². The zero-order chi connectivity index (χ0) is 10.8. The maximum atomic E-state index is 11.5. The van der Waals surface area contributed by atoms with Crippen molar-refractivity contribution in [3.05, 3.63) is 6.42 Å². The smallest absolute Gasteiger partial charge is 0.413 e. The van der Waals surface area contributed by atoms with Crippen molar-refractivity contribution >= 4 is 11.9 Å². The first-order valence-corrected chi connectivity index (χ1v) is 4.72. The van der Waals surface area contributed by atoms with Crippen molar-refractivity contribution < 1.29 is 14.3 Å². The molecule has 1 rings (SSSR count). The third-order valence-electron chi connectivity index (χ3n) is 1.82. The number of rotatable bonds is 0. The van der Waals surface area contributed by atoms with Gasteiger partial charge in [-0.3, -0.25) is 4.90 Å². The number of likely N-dealkylation sites (tertiary alicyclic amines) is 1. The fourth-order valence-electron chi connectivity index (χ4n) is 1.14. The molecule has 0 aliphatic carbocycles. The Balaban J connectivity index is 2.42. The topological polar surface area (TPSA) is 46.6 Å². The van der Waals surface area contributed by atoms with E-state index in [-0.39, 0.29) is 11.9 Å². The van der Waals surface area contributed by atoms with Crippen molar-refractivity contribution in [1.82, 2.24) is 4.90 Å². The number of nitrogens with zero attached hydrogens (tertiary/aromatic N) is 1. The zero-order valence-corrected chi connectivity index (χ0v) is 8.87. The minimum absolute atomic E-state index is 0.102. The van der Waals surface area contributed by atoms with Crippen molar-refractivity contribution in [3.8, 4) is 0 Å². The summed E-state index contributed by atoms with van der Waals surface area (Å²) in [5, 5.41) is 0. The Labute approximate surface area is 84.2 Å². The lowest BCUT2D eigenvalue weighted by atomic mass is 10.1. The molecule has 1 aliphatic rings. The molecule has 0 atom stereocenters. The van der Waals surface area contributed by atoms with Gasteiger partial charge in [0.1, 0.15) is 5.60 Å². The first-order chi connectivity index (χ1) is 6.38. The van der Waals surface area contributed by atoms with Crippen LogP contribution in [0.1, 0.15) is 27.2 Å². The number of hydrogen-bond donors (Lipinski definition) is 0. The summed E-state index contributed by atoms with van der Waals surface area (Å²) in [6.45, 7) is 6.30. The molecule has 1 amide bonds. The molecule has 0 aromatic heterocycles. The number of carbonyl (C=O) groups excluding carboxylic acids is 2. The molecule has 0 unspecified atom stereocenters. The van der Waals surface area contributed by atoms with Crippen LogP contribution in [0.15, 0.2) is 0 Å². The van der Waals surface area contributed by atoms with E-state index in [0.717, 1.165) is 0 Å². The van der Waals surface area contributed by atoms with Gasteiger partial charge in [0.25, 0.3) is 0 Å². The molecule has 0 aromatic rings. The molecule has 14 heavy (non-hydrogen) atoms. The Morgan fingerprint density at radius 3 is 2.57 bits per heavy atom. The summed E-state index contributed by atoms with van der Waals surface area (Å²) in [5.41, 5.74) is -0.474. The first kappa shape index (κ1) is 10.9. The molecule has 1 fully saturated rings. The van der Waals surface area contributed by atoms with Gasteiger partial charge < -0.3 is 4.74 Å². The van der Waals surface area contributed by atoms with E-state index in [1.54, 1.807) is 0 Å². The fraction of sp³-hybridized carbons (Fsp3) is 0.700. The second-order valence-corrected chi connectivity index (χ2v) is 4.35. The van der Waals surface area contributed by atoms with Gasteiger partial charge in [0.05, 0.1) is 6.42 Å². The van der Waals surface area contributed by atoms with Crippen LogP contribution in [-0.4, -0.2) is 35.5 Å². The predicted molar refractivity (Wildman–Crippen MR) is 51.7 cm³/mol. The molecule has 0 saturated carbocycles. The van der Waals surface area contributed by atoms with Crippen molar-refractivity contribution in [2.75, 3.05) is 13.1 Å². The van der Waals surface area contributed by atoms with Crippen LogP contribution in [-0.2, 0) is 9.53 Å². The first-order valence-electron chi connectivity index (χ1n) is 4.72. The van der Waals surface area contributed by atoms with Gasteiger partial charge in [-0.1, -0.05) is 0 Å². The van der Waals surface area contributed by atoms with Crippen LogP contribution in [0.5, 0.6) is 0 Å². The zero-order valence-electron chi connectivity index (χ0n) is 8.87. The number of amides is 1. The summed E-state index contributed by atoms with van der Waals surface area (Å²) in [7, 11) is 0. The van der Waals surface area contributed by atoms with Gasteiger partial charge in [-0.05, 0) is 20.8 Å². The third kappa shape index (κ3) is 3.28. The van der Waals surface area contributed by atoms with Crippen LogP contribution in [0, 0.1) is 6.42 Å². The van der Waals surface area contributed by atoms with Gasteiger partial charge in [0.15, 0.2) is 13.0 Å². The van der Waals surface area contributed by atoms with Gasteiger partial charge in [-0.25, -0.2) is 9.59 Å². The molecule has 0 spiro atoms. The third-order valence-corrected chi connectivity index (χ3v) is 1.82. The summed E-state index contributed by atoms with van der Waals surface area (Å²) in [6.07, 6.45) is 1.58. The van der Waals surface area contributed by atoms with E-state index in [4.69, 9.17) is 4.74 Å². The second-order valence-electron chi connectivity index (χ2n) is 4.35. The largest absolute Gasteiger partial charge is 0.444 e. The van der Waals surface area contributed by atoms with Crippen molar-refractivity contribution in [3.63, 3.8) is 0 Å². The van der Waals surface area contributed by atoms with Gasteiger partial charge in [0.2, 0.25) is 0 Å². The highest BCUT2D eigenvalue weighted by molar-refractivity contribution is 5.89. The molecule has 0 bridgehead atoms. The summed E-state index contributed by atoms with van der Waals surface area (Å²) in [6, 6.07) is 0. The molecular formula is C10H16NO3+. The quantitative estimate of drug-likeness (QED) is 0.553. The van der Waals surface area contributed by atoms with E-state index in [9.17, 15) is 9.59 Å². The second kappa shape index (κ2) is 3.90. The number of carbonyl (C=O) groups is 2. The SMILES string of the molecule is CC(C)(C)OC(=O)N1C[CH+]C(=O)CC1. The predicted octanol–water partition coefficient (Wildman–Crippen LogP) is 1.40. The average Bonchev–Trinajstić information content (AvgIpc) is 2.02. The van der Waals surface area contributed by atoms with E-state index < -0.39 is 5.60 Å². The maximum Gasteiger partial charge on any atom is 0.413 e. The van der Waals surface area contributed by atoms with E-state index in [2.05, 4.69) is 0 Å². The van der Waals surface area contributed by atoms with Crippen molar-refractivity contribution in [2.45, 2.75) is 32.8 Å². The van der Waals surface area contributed by atoms with Crippen LogP contribution in [0.25, 0.3) is 0 Å². The highest BCUT2D eigenvalue weighted by Crippen LogP contribution is 2.12. The Morgan fingerprint density at radius 2 is 2.14 bits per heavy atom. The minimum atomic E-state index is -0.474. The number of ether oxygens (including phenoxy) is 1. The number of Topliss-reactive ketones (excluding diaryl/α,β-unsaturated/α-hetero) is 1. The Kier molecular flexibility index (Phi) is 3.03. The Hall–Kier alpha value is -1.19. The van der Waals surface area contributed by atoms with E-state index in [1.807, 2.05) is 20.8 Å². The summed E-state index contributed by atoms with van der Waals surface area (Å²) >= 11 is 0. The van der Waals surface area contributed by atoms with Crippen LogP contribution >= 0.6 is 0 Å². The number of ketones is 1. The van der Waals surface area contributed by atoms with Crippen LogP contribution in [0.2, 0.25) is 0 Å². The monoisotopic (exact) mass is 198 g/mol. The number of hydrogen-bond acceptors (Lipinski definition) is 3. The van der Waals surface area contributed by atoms with Crippen molar-refractivity contribution in [2.24, 2.45) is 0 Å². The minimum Gasteiger partial charge on any atom is -0.444 e. The molecule has 4 nitrogen and oxygen atoms in total. The van der Waals surface area contributed by atoms with Gasteiger partial charge in [0, 0.05) is 6.54 Å². The molecule has 1 aliphatic heterocycles. The van der Waals surface area contributed by atoms with Crippen molar-refractivity contribution in [1.29, 1.82) is 0 Å². The molecule has 1 heterocycles. The van der Waals surface area contributed by atoms with E-state index in [1.165, 1.54) is 11.3 Å². The van der Waals surface area contributed by atoms with E-state index >= 15 is 0 Å². The summed E-state index contributed by atoms with van der Waals surface area (Å²) < 4.78 is 5.17. The molecular weight excluding hydrogens is 182 g/mol. The van der Waals surface area contributed by atoms with Crippen LogP contribution < -0.4 is 0 Å². The van der Waals surface area contributed by atoms with Crippen LogP contribution in [0.3, 0.4) is 0 Å². The average molecular weight is 198 g/mol. The molecule has 1 saturated heterocycles. The lowest BCUT2D eigenvalue weighted by molar-refractivity contribution is -0.117. The Morgan fingerprint density at radius 1 is 1.50 bits per heavy atom. The van der Waals surface area contributed by atoms with Gasteiger partial charge in [-0.2, -0.15) is 0 Å². The lowest BCUT2D eigenvalue weighted by Gasteiger charge is -2.26. The van der Waals surface area contributed by atoms with Gasteiger partial charge >= 0.3 is 11.9 Å². The molecule has 4 heteroatoms. The lowest BCUT2D eigenvalue weighted by Crippen LogP contribution is -2.42.